The van der Waals surface area contributed by atoms with Crippen molar-refractivity contribution >= 4 is 21.6 Å². The normalized spacial score (nSPS) is 10.7. The van der Waals surface area contributed by atoms with Crippen LogP contribution < -0.4 is 5.73 Å². The van der Waals surface area contributed by atoms with Crippen molar-refractivity contribution in [2.24, 2.45) is 7.05 Å². The molecule has 0 saturated carbocycles. The fourth-order valence-electron chi connectivity index (χ4n) is 1.70. The van der Waals surface area contributed by atoms with Gasteiger partial charge in [0.25, 0.3) is 0 Å². The summed E-state index contributed by atoms with van der Waals surface area (Å²) in [5.41, 5.74) is 9.90. The predicted molar refractivity (Wildman–Crippen MR) is 67.9 cm³/mol. The number of benzene rings is 1. The minimum absolute atomic E-state index is 0.752. The number of anilines is 1. The third-order valence-corrected chi connectivity index (χ3v) is 3.12. The van der Waals surface area contributed by atoms with Crippen molar-refractivity contribution < 1.29 is 0 Å². The first kappa shape index (κ1) is 11.1. The number of halogens is 1. The number of rotatable bonds is 2. The standard InChI is InChI=1S/C11H13BrN4/c1-3-7-6-8(4-5-9(7)13)10-11(12)14-15-16(10)2/h4-6H,3,13H2,1-2H3. The zero-order valence-corrected chi connectivity index (χ0v) is 10.8. The van der Waals surface area contributed by atoms with Gasteiger partial charge in [-0.1, -0.05) is 18.2 Å². The molecule has 0 radical (unpaired) electrons. The lowest BCUT2D eigenvalue weighted by Gasteiger charge is -2.07. The Morgan fingerprint density at radius 3 is 2.75 bits per heavy atom. The third-order valence-electron chi connectivity index (χ3n) is 2.58. The van der Waals surface area contributed by atoms with E-state index in [1.165, 1.54) is 0 Å². The summed E-state index contributed by atoms with van der Waals surface area (Å²) in [5, 5.41) is 7.93. The lowest BCUT2D eigenvalue weighted by molar-refractivity contribution is 0.720. The molecular weight excluding hydrogens is 268 g/mol. The molecule has 0 spiro atoms. The molecule has 0 atom stereocenters. The molecule has 0 saturated heterocycles. The minimum Gasteiger partial charge on any atom is -0.399 e. The van der Waals surface area contributed by atoms with Crippen LogP contribution in [0, 0.1) is 0 Å². The Morgan fingerprint density at radius 2 is 2.19 bits per heavy atom. The topological polar surface area (TPSA) is 56.7 Å². The summed E-state index contributed by atoms with van der Waals surface area (Å²) >= 11 is 3.39. The van der Waals surface area contributed by atoms with Crippen LogP contribution in [0.15, 0.2) is 22.8 Å². The van der Waals surface area contributed by atoms with Gasteiger partial charge in [-0.2, -0.15) is 0 Å². The van der Waals surface area contributed by atoms with E-state index in [4.69, 9.17) is 5.73 Å². The van der Waals surface area contributed by atoms with Crippen LogP contribution in [0.25, 0.3) is 11.3 Å². The average molecular weight is 281 g/mol. The number of nitrogens with zero attached hydrogens (tertiary/aromatic N) is 3. The Morgan fingerprint density at radius 1 is 1.44 bits per heavy atom. The maximum Gasteiger partial charge on any atom is 0.156 e. The molecule has 0 bridgehead atoms. The number of aromatic nitrogens is 3. The molecule has 84 valence electrons. The molecule has 0 fully saturated rings. The average Bonchev–Trinajstić information content (AvgIpc) is 2.60. The van der Waals surface area contributed by atoms with Crippen LogP contribution >= 0.6 is 15.9 Å². The van der Waals surface area contributed by atoms with Gasteiger partial charge in [-0.05, 0) is 40.0 Å². The zero-order valence-electron chi connectivity index (χ0n) is 9.24. The van der Waals surface area contributed by atoms with Crippen molar-refractivity contribution in [3.8, 4) is 11.3 Å². The second kappa shape index (κ2) is 4.25. The molecule has 0 aliphatic rings. The molecule has 1 aromatic carbocycles. The summed E-state index contributed by atoms with van der Waals surface area (Å²) in [6.07, 6.45) is 0.919. The molecule has 0 unspecified atom stereocenters. The summed E-state index contributed by atoms with van der Waals surface area (Å²) in [5.74, 6) is 0. The van der Waals surface area contributed by atoms with Gasteiger partial charge in [0.1, 0.15) is 5.69 Å². The molecular formula is C11H13BrN4. The van der Waals surface area contributed by atoms with Crippen molar-refractivity contribution in [2.45, 2.75) is 13.3 Å². The summed E-state index contributed by atoms with van der Waals surface area (Å²) in [4.78, 5) is 0. The smallest absolute Gasteiger partial charge is 0.156 e. The number of aryl methyl sites for hydroxylation is 2. The fourth-order valence-corrected chi connectivity index (χ4v) is 2.25. The van der Waals surface area contributed by atoms with E-state index in [0.717, 1.165) is 33.5 Å². The summed E-state index contributed by atoms with van der Waals surface area (Å²) < 4.78 is 2.50. The van der Waals surface area contributed by atoms with Crippen LogP contribution in [-0.2, 0) is 13.5 Å². The van der Waals surface area contributed by atoms with E-state index in [2.05, 4.69) is 39.2 Å². The van der Waals surface area contributed by atoms with E-state index in [1.807, 2.05) is 19.2 Å². The molecule has 1 heterocycles. The van der Waals surface area contributed by atoms with E-state index in [0.29, 0.717) is 0 Å². The van der Waals surface area contributed by atoms with Crippen molar-refractivity contribution in [1.82, 2.24) is 15.0 Å². The molecule has 0 aliphatic heterocycles. The van der Waals surface area contributed by atoms with E-state index in [1.54, 1.807) is 4.68 Å². The molecule has 0 amide bonds. The van der Waals surface area contributed by atoms with E-state index in [-0.39, 0.29) is 0 Å². The monoisotopic (exact) mass is 280 g/mol. The van der Waals surface area contributed by atoms with Gasteiger partial charge >= 0.3 is 0 Å². The Kier molecular flexibility index (Phi) is 2.96. The quantitative estimate of drug-likeness (QED) is 0.860. The van der Waals surface area contributed by atoms with Crippen LogP contribution in [0.2, 0.25) is 0 Å². The van der Waals surface area contributed by atoms with Crippen molar-refractivity contribution in [1.29, 1.82) is 0 Å². The third kappa shape index (κ3) is 1.82. The first-order chi connectivity index (χ1) is 7.63. The van der Waals surface area contributed by atoms with E-state index in [9.17, 15) is 0 Å². The Bertz CT molecular complexity index is 499. The van der Waals surface area contributed by atoms with Crippen molar-refractivity contribution in [3.63, 3.8) is 0 Å². The van der Waals surface area contributed by atoms with Crippen molar-refractivity contribution in [3.05, 3.63) is 28.4 Å². The zero-order chi connectivity index (χ0) is 11.7. The van der Waals surface area contributed by atoms with Crippen LogP contribution in [0.3, 0.4) is 0 Å². The second-order valence-corrected chi connectivity index (χ2v) is 4.37. The molecule has 4 nitrogen and oxygen atoms in total. The highest BCUT2D eigenvalue weighted by Crippen LogP contribution is 2.28. The van der Waals surface area contributed by atoms with E-state index < -0.39 is 0 Å². The van der Waals surface area contributed by atoms with Gasteiger partial charge in [0.05, 0.1) is 0 Å². The summed E-state index contributed by atoms with van der Waals surface area (Å²) in [6.45, 7) is 2.09. The van der Waals surface area contributed by atoms with Crippen LogP contribution in [0.1, 0.15) is 12.5 Å². The lowest BCUT2D eigenvalue weighted by Crippen LogP contribution is -1.97. The molecule has 2 aromatic rings. The lowest BCUT2D eigenvalue weighted by atomic mass is 10.0. The molecule has 5 heteroatoms. The van der Waals surface area contributed by atoms with Gasteiger partial charge in [0.2, 0.25) is 0 Å². The Labute approximate surface area is 103 Å². The van der Waals surface area contributed by atoms with Crippen LogP contribution in [0.4, 0.5) is 5.69 Å². The molecule has 2 N–H and O–H groups in total. The van der Waals surface area contributed by atoms with Gasteiger partial charge in [-0.3, -0.25) is 0 Å². The number of nitrogens with two attached hydrogens (primary N) is 1. The predicted octanol–water partition coefficient (Wildman–Crippen LogP) is 2.39. The Hall–Kier alpha value is -1.36. The highest BCUT2D eigenvalue weighted by atomic mass is 79.9. The first-order valence-electron chi connectivity index (χ1n) is 5.07. The first-order valence-corrected chi connectivity index (χ1v) is 5.86. The maximum atomic E-state index is 5.88. The molecule has 1 aromatic heterocycles. The number of nitrogen functional groups attached to an aromatic ring is 1. The van der Waals surface area contributed by atoms with Crippen LogP contribution in [0.5, 0.6) is 0 Å². The summed E-state index contributed by atoms with van der Waals surface area (Å²) in [6, 6.07) is 5.99. The number of hydrogen-bond donors (Lipinski definition) is 1. The van der Waals surface area contributed by atoms with Gasteiger partial charge in [-0.25, -0.2) is 4.68 Å². The largest absolute Gasteiger partial charge is 0.399 e. The summed E-state index contributed by atoms with van der Waals surface area (Å²) in [7, 11) is 1.87. The van der Waals surface area contributed by atoms with E-state index >= 15 is 0 Å². The van der Waals surface area contributed by atoms with Crippen LogP contribution in [-0.4, -0.2) is 15.0 Å². The number of hydrogen-bond acceptors (Lipinski definition) is 3. The van der Waals surface area contributed by atoms with Gasteiger partial charge < -0.3 is 5.73 Å². The molecule has 0 aliphatic carbocycles. The SMILES string of the molecule is CCc1cc(-c2c(Br)nnn2C)ccc1N. The Balaban J connectivity index is 2.57. The maximum absolute atomic E-state index is 5.88. The van der Waals surface area contributed by atoms with Gasteiger partial charge in [0, 0.05) is 18.3 Å². The fraction of sp³-hybridized carbons (Fsp3) is 0.273. The van der Waals surface area contributed by atoms with Gasteiger partial charge in [-0.15, -0.1) is 5.10 Å². The molecule has 2 rings (SSSR count). The highest BCUT2D eigenvalue weighted by Gasteiger charge is 2.11. The highest BCUT2D eigenvalue weighted by molar-refractivity contribution is 9.10. The molecule has 16 heavy (non-hydrogen) atoms. The second-order valence-electron chi connectivity index (χ2n) is 3.62. The minimum atomic E-state index is 0.752. The van der Waals surface area contributed by atoms with Crippen molar-refractivity contribution in [2.75, 3.05) is 5.73 Å². The van der Waals surface area contributed by atoms with Gasteiger partial charge in [0.15, 0.2) is 4.60 Å².